The summed E-state index contributed by atoms with van der Waals surface area (Å²) in [4.78, 5) is 2.09. The summed E-state index contributed by atoms with van der Waals surface area (Å²) in [5, 5.41) is 11.5. The monoisotopic (exact) mass is 477 g/mol. The SMILES string of the molecule is CCCNCCOCCOCCOCCOCCn1cc(CN2CCS(=O)(=O)CC2)nn1. The van der Waals surface area contributed by atoms with Crippen molar-refractivity contribution in [3.05, 3.63) is 11.9 Å². The van der Waals surface area contributed by atoms with Crippen molar-refractivity contribution in [2.24, 2.45) is 0 Å². The summed E-state index contributed by atoms with van der Waals surface area (Å²) >= 11 is 0. The van der Waals surface area contributed by atoms with Gasteiger partial charge in [0.15, 0.2) is 9.84 Å². The van der Waals surface area contributed by atoms with Crippen molar-refractivity contribution < 1.29 is 27.4 Å². The van der Waals surface area contributed by atoms with E-state index in [1.165, 1.54) is 0 Å². The lowest BCUT2D eigenvalue weighted by Gasteiger charge is -2.25. The van der Waals surface area contributed by atoms with E-state index in [4.69, 9.17) is 18.9 Å². The summed E-state index contributed by atoms with van der Waals surface area (Å²) in [5.41, 5.74) is 0.839. The Bertz CT molecular complexity index is 688. The van der Waals surface area contributed by atoms with Crippen LogP contribution in [0.1, 0.15) is 19.0 Å². The molecule has 0 aromatic carbocycles. The minimum atomic E-state index is -2.86. The fourth-order valence-corrected chi connectivity index (χ4v) is 4.30. The highest BCUT2D eigenvalue weighted by atomic mass is 32.2. The summed E-state index contributed by atoms with van der Waals surface area (Å²) in [6.07, 6.45) is 3.01. The summed E-state index contributed by atoms with van der Waals surface area (Å²) in [7, 11) is -2.86. The molecule has 12 heteroatoms. The van der Waals surface area contributed by atoms with Crippen LogP contribution in [0.3, 0.4) is 0 Å². The second-order valence-electron chi connectivity index (χ2n) is 7.60. The zero-order chi connectivity index (χ0) is 22.9. The molecule has 186 valence electrons. The molecule has 0 bridgehead atoms. The fourth-order valence-electron chi connectivity index (χ4n) is 3.02. The van der Waals surface area contributed by atoms with Crippen LogP contribution in [0.5, 0.6) is 0 Å². The van der Waals surface area contributed by atoms with Gasteiger partial charge in [0.25, 0.3) is 0 Å². The number of rotatable bonds is 19. The fraction of sp³-hybridized carbons (Fsp3) is 0.900. The third kappa shape index (κ3) is 12.8. The number of ether oxygens (including phenoxy) is 4. The molecule has 0 saturated carbocycles. The van der Waals surface area contributed by atoms with Crippen molar-refractivity contribution in [2.75, 3.05) is 90.5 Å². The maximum absolute atomic E-state index is 11.5. The molecule has 1 fully saturated rings. The van der Waals surface area contributed by atoms with Crippen molar-refractivity contribution in [3.8, 4) is 0 Å². The van der Waals surface area contributed by atoms with Crippen LogP contribution in [0.25, 0.3) is 0 Å². The highest BCUT2D eigenvalue weighted by molar-refractivity contribution is 7.91. The minimum absolute atomic E-state index is 0.217. The predicted octanol–water partition coefficient (Wildman–Crippen LogP) is -0.425. The van der Waals surface area contributed by atoms with E-state index in [0.29, 0.717) is 79.0 Å². The highest BCUT2D eigenvalue weighted by Crippen LogP contribution is 2.07. The number of hydrogen-bond acceptors (Lipinski definition) is 10. The maximum Gasteiger partial charge on any atom is 0.152 e. The second kappa shape index (κ2) is 16.5. The number of aromatic nitrogens is 3. The molecular formula is C20H39N5O6S. The lowest BCUT2D eigenvalue weighted by molar-refractivity contribution is -0.00242. The van der Waals surface area contributed by atoms with E-state index >= 15 is 0 Å². The van der Waals surface area contributed by atoms with Crippen LogP contribution >= 0.6 is 0 Å². The number of hydrogen-bond donors (Lipinski definition) is 1. The van der Waals surface area contributed by atoms with Gasteiger partial charge in [0, 0.05) is 32.4 Å². The van der Waals surface area contributed by atoms with Gasteiger partial charge >= 0.3 is 0 Å². The van der Waals surface area contributed by atoms with Crippen molar-refractivity contribution in [3.63, 3.8) is 0 Å². The summed E-state index contributed by atoms with van der Waals surface area (Å²) in [5.74, 6) is 0.434. The standard InChI is InChI=1S/C20H39N5O6S/c1-2-3-21-4-8-28-10-12-30-14-15-31-13-11-29-9-5-25-19-20(22-23-25)18-24-6-16-32(26,27)17-7-24/h19,21H,2-18H2,1H3. The smallest absolute Gasteiger partial charge is 0.152 e. The quantitative estimate of drug-likeness (QED) is 0.263. The number of nitrogens with zero attached hydrogens (tertiary/aromatic N) is 4. The Morgan fingerprint density at radius 1 is 0.906 bits per heavy atom. The molecule has 32 heavy (non-hydrogen) atoms. The number of sulfone groups is 1. The molecule has 11 nitrogen and oxygen atoms in total. The van der Waals surface area contributed by atoms with Crippen molar-refractivity contribution in [1.82, 2.24) is 25.2 Å². The molecule has 0 radical (unpaired) electrons. The molecule has 0 aliphatic carbocycles. The Morgan fingerprint density at radius 2 is 1.50 bits per heavy atom. The first-order valence-electron chi connectivity index (χ1n) is 11.4. The zero-order valence-corrected chi connectivity index (χ0v) is 20.1. The van der Waals surface area contributed by atoms with Gasteiger partial charge in [-0.25, -0.2) is 13.1 Å². The van der Waals surface area contributed by atoms with Crippen LogP contribution in [0.15, 0.2) is 6.20 Å². The van der Waals surface area contributed by atoms with Gasteiger partial charge in [-0.3, -0.25) is 4.90 Å². The molecule has 0 atom stereocenters. The van der Waals surface area contributed by atoms with E-state index < -0.39 is 9.84 Å². The van der Waals surface area contributed by atoms with Gasteiger partial charge in [-0.2, -0.15) is 0 Å². The Kier molecular flexibility index (Phi) is 13.9. The first-order valence-corrected chi connectivity index (χ1v) is 13.2. The van der Waals surface area contributed by atoms with E-state index in [0.717, 1.165) is 25.2 Å². The lowest BCUT2D eigenvalue weighted by atomic mass is 10.4. The van der Waals surface area contributed by atoms with Gasteiger partial charge < -0.3 is 24.3 Å². The first kappa shape index (κ1) is 27.1. The van der Waals surface area contributed by atoms with E-state index in [1.54, 1.807) is 4.68 Å². The molecule has 2 heterocycles. The molecule has 1 aromatic heterocycles. The van der Waals surface area contributed by atoms with Gasteiger partial charge in [-0.05, 0) is 13.0 Å². The molecule has 1 aliphatic heterocycles. The molecule has 0 spiro atoms. The lowest BCUT2D eigenvalue weighted by Crippen LogP contribution is -2.39. The first-order chi connectivity index (χ1) is 15.6. The topological polar surface area (TPSA) is 117 Å². The van der Waals surface area contributed by atoms with Crippen molar-refractivity contribution in [2.45, 2.75) is 26.4 Å². The van der Waals surface area contributed by atoms with Crippen LogP contribution in [-0.2, 0) is 41.9 Å². The minimum Gasteiger partial charge on any atom is -0.378 e. The van der Waals surface area contributed by atoms with Crippen molar-refractivity contribution in [1.29, 1.82) is 0 Å². The Labute approximate surface area is 191 Å². The third-order valence-corrected chi connectivity index (χ3v) is 6.45. The summed E-state index contributed by atoms with van der Waals surface area (Å²) in [6.45, 7) is 10.9. The second-order valence-corrected chi connectivity index (χ2v) is 9.90. The molecular weight excluding hydrogens is 438 g/mol. The Balaban J connectivity index is 1.36. The zero-order valence-electron chi connectivity index (χ0n) is 19.2. The molecule has 1 aliphatic rings. The molecule has 1 N–H and O–H groups in total. The van der Waals surface area contributed by atoms with Gasteiger partial charge in [0.2, 0.25) is 0 Å². The molecule has 2 rings (SSSR count). The maximum atomic E-state index is 11.5. The van der Waals surface area contributed by atoms with E-state index in [1.807, 2.05) is 6.20 Å². The average molecular weight is 478 g/mol. The molecule has 1 aromatic rings. The molecule has 1 saturated heterocycles. The normalized spacial score (nSPS) is 16.5. The van der Waals surface area contributed by atoms with Crippen molar-refractivity contribution >= 4 is 9.84 Å². The van der Waals surface area contributed by atoms with E-state index in [-0.39, 0.29) is 11.5 Å². The summed E-state index contributed by atoms with van der Waals surface area (Å²) in [6, 6.07) is 0. The number of nitrogens with one attached hydrogen (secondary N) is 1. The summed E-state index contributed by atoms with van der Waals surface area (Å²) < 4.78 is 46.7. The highest BCUT2D eigenvalue weighted by Gasteiger charge is 2.22. The van der Waals surface area contributed by atoms with Crippen LogP contribution in [-0.4, -0.2) is 119 Å². The Morgan fingerprint density at radius 3 is 2.12 bits per heavy atom. The van der Waals surface area contributed by atoms with E-state index in [9.17, 15) is 8.42 Å². The van der Waals surface area contributed by atoms with Crippen LogP contribution in [0.4, 0.5) is 0 Å². The molecule has 0 unspecified atom stereocenters. The van der Waals surface area contributed by atoms with Crippen LogP contribution < -0.4 is 5.32 Å². The largest absolute Gasteiger partial charge is 0.378 e. The van der Waals surface area contributed by atoms with Crippen LogP contribution in [0, 0.1) is 0 Å². The molecule has 0 amide bonds. The van der Waals surface area contributed by atoms with E-state index in [2.05, 4.69) is 27.5 Å². The Hall–Kier alpha value is -1.15. The average Bonchev–Trinajstić information content (AvgIpc) is 3.22. The van der Waals surface area contributed by atoms with Gasteiger partial charge in [0.05, 0.1) is 76.6 Å². The van der Waals surface area contributed by atoms with Gasteiger partial charge in [-0.1, -0.05) is 12.1 Å². The predicted molar refractivity (Wildman–Crippen MR) is 120 cm³/mol. The van der Waals surface area contributed by atoms with Gasteiger partial charge in [-0.15, -0.1) is 5.10 Å². The van der Waals surface area contributed by atoms with Gasteiger partial charge in [0.1, 0.15) is 0 Å². The third-order valence-electron chi connectivity index (χ3n) is 4.84. The van der Waals surface area contributed by atoms with Crippen LogP contribution in [0.2, 0.25) is 0 Å².